The van der Waals surface area contributed by atoms with Gasteiger partial charge in [-0.25, -0.2) is 18.2 Å². The first-order valence-corrected chi connectivity index (χ1v) is 12.3. The van der Waals surface area contributed by atoms with E-state index in [9.17, 15) is 23.1 Å². The Kier molecular flexibility index (Phi) is 7.33. The van der Waals surface area contributed by atoms with E-state index >= 15 is 0 Å². The molecule has 0 aliphatic carbocycles. The second-order valence-corrected chi connectivity index (χ2v) is 9.31. The third-order valence-electron chi connectivity index (χ3n) is 6.47. The minimum absolute atomic E-state index is 0.0199. The number of aromatic nitrogens is 2. The van der Waals surface area contributed by atoms with E-state index in [1.165, 1.54) is 24.3 Å². The molecule has 0 saturated carbocycles. The summed E-state index contributed by atoms with van der Waals surface area (Å²) in [4.78, 5) is 20.9. The molecule has 0 radical (unpaired) electrons. The zero-order valence-corrected chi connectivity index (χ0v) is 20.7. The summed E-state index contributed by atoms with van der Waals surface area (Å²) in [5, 5.41) is 13.1. The van der Waals surface area contributed by atoms with Gasteiger partial charge in [-0.2, -0.15) is 0 Å². The van der Waals surface area contributed by atoms with Gasteiger partial charge in [0.15, 0.2) is 0 Å². The topological polar surface area (TPSA) is 104 Å². The van der Waals surface area contributed by atoms with Crippen LogP contribution in [0.25, 0.3) is 22.0 Å². The van der Waals surface area contributed by atoms with E-state index < -0.39 is 29.4 Å². The average molecular weight is 531 g/mol. The molecule has 1 unspecified atom stereocenters. The van der Waals surface area contributed by atoms with Gasteiger partial charge in [0.05, 0.1) is 24.8 Å². The third-order valence-corrected chi connectivity index (χ3v) is 6.47. The number of nitrogens with two attached hydrogens (primary N) is 1. The van der Waals surface area contributed by atoms with Gasteiger partial charge in [-0.05, 0) is 77.2 Å². The molecular formula is C30H25F3N4O2. The highest BCUT2D eigenvalue weighted by molar-refractivity contribution is 5.89. The van der Waals surface area contributed by atoms with Crippen molar-refractivity contribution in [2.24, 2.45) is 0 Å². The highest BCUT2D eigenvalue weighted by Crippen LogP contribution is 2.31. The van der Waals surface area contributed by atoms with Crippen LogP contribution in [0.3, 0.4) is 0 Å². The van der Waals surface area contributed by atoms with E-state index in [1.807, 2.05) is 6.07 Å². The van der Waals surface area contributed by atoms with Crippen LogP contribution in [-0.2, 0) is 24.2 Å². The van der Waals surface area contributed by atoms with Crippen molar-refractivity contribution in [3.8, 4) is 11.1 Å². The predicted octanol–water partition coefficient (Wildman–Crippen LogP) is 5.36. The van der Waals surface area contributed by atoms with Crippen molar-refractivity contribution in [3.05, 3.63) is 119 Å². The van der Waals surface area contributed by atoms with Crippen molar-refractivity contribution in [1.82, 2.24) is 15.3 Å². The van der Waals surface area contributed by atoms with Crippen LogP contribution in [0.5, 0.6) is 0 Å². The fourth-order valence-corrected chi connectivity index (χ4v) is 4.73. The molecule has 1 atom stereocenters. The number of nitrogens with one attached hydrogen (secondary N) is 2. The molecule has 0 aliphatic heterocycles. The number of nitrogens with zero attached hydrogens (tertiary/aromatic N) is 1. The maximum atomic E-state index is 14.0. The number of amides is 1. The number of pyridine rings is 1. The summed E-state index contributed by atoms with van der Waals surface area (Å²) >= 11 is 0. The molecule has 9 heteroatoms. The third kappa shape index (κ3) is 5.94. The second kappa shape index (κ2) is 11.0. The number of hydrogen-bond donors (Lipinski definition) is 4. The molecule has 5 aromatic rings. The van der Waals surface area contributed by atoms with Crippen LogP contribution in [0.1, 0.15) is 28.4 Å². The van der Waals surface area contributed by atoms with E-state index in [2.05, 4.69) is 15.3 Å². The number of nitrogen functional groups attached to an aromatic ring is 1. The number of rotatable bonds is 8. The Balaban J connectivity index is 1.53. The van der Waals surface area contributed by atoms with Crippen LogP contribution in [0.2, 0.25) is 0 Å². The molecule has 5 rings (SSSR count). The summed E-state index contributed by atoms with van der Waals surface area (Å²) in [5.74, 6) is -2.11. The van der Waals surface area contributed by atoms with Gasteiger partial charge in [-0.3, -0.25) is 4.79 Å². The van der Waals surface area contributed by atoms with Crippen molar-refractivity contribution in [1.29, 1.82) is 0 Å². The molecule has 0 spiro atoms. The number of fused-ring (bicyclic) bond motifs is 1. The fourth-order valence-electron chi connectivity index (χ4n) is 4.73. The molecule has 3 aromatic carbocycles. The van der Waals surface area contributed by atoms with Crippen LogP contribution in [0, 0.1) is 17.5 Å². The lowest BCUT2D eigenvalue weighted by atomic mass is 9.94. The highest BCUT2D eigenvalue weighted by Gasteiger charge is 2.23. The van der Waals surface area contributed by atoms with Crippen LogP contribution < -0.4 is 11.1 Å². The van der Waals surface area contributed by atoms with Crippen LogP contribution in [-0.4, -0.2) is 21.0 Å². The van der Waals surface area contributed by atoms with Crippen LogP contribution >= 0.6 is 0 Å². The number of carbonyl (C=O) groups is 1. The Morgan fingerprint density at radius 3 is 2.51 bits per heavy atom. The Morgan fingerprint density at radius 2 is 1.74 bits per heavy atom. The van der Waals surface area contributed by atoms with E-state index in [1.54, 1.807) is 42.6 Å². The summed E-state index contributed by atoms with van der Waals surface area (Å²) in [6, 6.07) is 17.2. The molecule has 1 amide bonds. The number of aromatic amines is 1. The number of halogens is 3. The normalized spacial score (nSPS) is 12.0. The molecule has 198 valence electrons. The van der Waals surface area contributed by atoms with Gasteiger partial charge < -0.3 is 21.1 Å². The molecule has 2 heterocycles. The molecule has 0 bridgehead atoms. The van der Waals surface area contributed by atoms with Crippen LogP contribution in [0.4, 0.5) is 19.0 Å². The maximum Gasteiger partial charge on any atom is 0.225 e. The number of benzene rings is 3. The highest BCUT2D eigenvalue weighted by atomic mass is 19.1. The van der Waals surface area contributed by atoms with Gasteiger partial charge in [0.1, 0.15) is 23.3 Å². The number of anilines is 1. The lowest BCUT2D eigenvalue weighted by molar-refractivity contribution is -0.121. The zero-order valence-electron chi connectivity index (χ0n) is 20.7. The first-order valence-electron chi connectivity index (χ1n) is 12.3. The molecule has 0 saturated heterocycles. The van der Waals surface area contributed by atoms with Crippen molar-refractivity contribution in [2.75, 3.05) is 5.73 Å². The smallest absolute Gasteiger partial charge is 0.225 e. The number of carbonyl (C=O) groups excluding carboxylic acids is 1. The van der Waals surface area contributed by atoms with Crippen molar-refractivity contribution in [3.63, 3.8) is 0 Å². The number of H-pyrrole nitrogens is 1. The van der Waals surface area contributed by atoms with Crippen molar-refractivity contribution >= 4 is 22.6 Å². The Bertz CT molecular complexity index is 1650. The molecule has 6 nitrogen and oxygen atoms in total. The quantitative estimate of drug-likeness (QED) is 0.217. The van der Waals surface area contributed by atoms with Crippen LogP contribution in [0.15, 0.2) is 79.0 Å². The summed E-state index contributed by atoms with van der Waals surface area (Å²) in [5.41, 5.74) is 10.1. The molecule has 0 aliphatic rings. The number of aliphatic hydroxyl groups is 1. The maximum absolute atomic E-state index is 14.0. The molecular weight excluding hydrogens is 505 g/mol. The van der Waals surface area contributed by atoms with Gasteiger partial charge in [-0.1, -0.05) is 18.2 Å². The lowest BCUT2D eigenvalue weighted by Gasteiger charge is -2.22. The first kappa shape index (κ1) is 26.0. The van der Waals surface area contributed by atoms with E-state index in [0.29, 0.717) is 38.9 Å². The Hall–Kier alpha value is -4.63. The van der Waals surface area contributed by atoms with Gasteiger partial charge in [0.2, 0.25) is 5.91 Å². The lowest BCUT2D eigenvalue weighted by Crippen LogP contribution is -2.32. The van der Waals surface area contributed by atoms with E-state index in [-0.39, 0.29) is 25.3 Å². The van der Waals surface area contributed by atoms with Gasteiger partial charge in [-0.15, -0.1) is 0 Å². The molecule has 5 N–H and O–H groups in total. The van der Waals surface area contributed by atoms with Crippen molar-refractivity contribution in [2.45, 2.75) is 25.5 Å². The van der Waals surface area contributed by atoms with Gasteiger partial charge >= 0.3 is 0 Å². The Morgan fingerprint density at radius 1 is 0.949 bits per heavy atom. The average Bonchev–Trinajstić information content (AvgIpc) is 3.29. The summed E-state index contributed by atoms with van der Waals surface area (Å²) in [6.07, 6.45) is 1.59. The molecule has 0 fully saturated rings. The number of aliphatic hydroxyl groups excluding tert-OH is 1. The second-order valence-electron chi connectivity index (χ2n) is 9.31. The summed E-state index contributed by atoms with van der Waals surface area (Å²) in [7, 11) is 0. The zero-order chi connectivity index (χ0) is 27.5. The van der Waals surface area contributed by atoms with E-state index in [0.717, 1.165) is 11.6 Å². The fraction of sp³-hybridized carbons (Fsp3) is 0.133. The minimum Gasteiger partial charge on any atom is -0.392 e. The summed E-state index contributed by atoms with van der Waals surface area (Å²) < 4.78 is 42.0. The first-order chi connectivity index (χ1) is 18.8. The van der Waals surface area contributed by atoms with Gasteiger partial charge in [0, 0.05) is 28.7 Å². The van der Waals surface area contributed by atoms with E-state index in [4.69, 9.17) is 5.73 Å². The minimum atomic E-state index is -0.822. The monoisotopic (exact) mass is 530 g/mol. The Labute approximate surface area is 222 Å². The molecule has 2 aromatic heterocycles. The van der Waals surface area contributed by atoms with Gasteiger partial charge in [0.25, 0.3) is 0 Å². The molecule has 39 heavy (non-hydrogen) atoms. The van der Waals surface area contributed by atoms with Crippen molar-refractivity contribution < 1.29 is 23.1 Å². The number of hydrogen-bond acceptors (Lipinski definition) is 4. The largest absolute Gasteiger partial charge is 0.392 e. The summed E-state index contributed by atoms with van der Waals surface area (Å²) in [6.45, 7) is -0.167. The predicted molar refractivity (Wildman–Crippen MR) is 143 cm³/mol. The SMILES string of the molecule is Nc1ccc(-c2cccc(CO)c2)c(C(Cc2cc(F)cc(F)c2)NC(=O)Cc2c[nH]c3ccc(F)cc23)n1. The standard InChI is InChI=1S/C30H25F3N4O2/c31-21-4-6-26-25(14-21)20(15-35-26)12-29(39)36-27(11-18-9-22(32)13-23(33)10-18)30-24(5-7-28(34)37-30)19-3-1-2-17(8-19)16-38/h1-10,13-15,27,35,38H,11-12,16H2,(H2,34,37)(H,36,39).